The topological polar surface area (TPSA) is 78.5 Å². The lowest BCUT2D eigenvalue weighted by molar-refractivity contribution is 0.262. The lowest BCUT2D eigenvalue weighted by atomic mass is 10.2. The number of urea groups is 1. The molecule has 3 rings (SSSR count). The Morgan fingerprint density at radius 3 is 2.33 bits per heavy atom. The minimum atomic E-state index is -3.23. The Kier molecular flexibility index (Phi) is 4.44. The number of sulfonamides is 1. The molecule has 2 aromatic rings. The van der Waals surface area contributed by atoms with Crippen molar-refractivity contribution in [3.63, 3.8) is 0 Å². The van der Waals surface area contributed by atoms with Crippen LogP contribution in [0.1, 0.15) is 12.0 Å². The molecule has 0 aliphatic carbocycles. The molecule has 126 valence electrons. The van der Waals surface area contributed by atoms with E-state index in [0.29, 0.717) is 30.0 Å². The molecule has 7 heteroatoms. The quantitative estimate of drug-likeness (QED) is 0.897. The van der Waals surface area contributed by atoms with Gasteiger partial charge in [-0.05, 0) is 49.2 Å². The molecule has 0 atom stereocenters. The summed E-state index contributed by atoms with van der Waals surface area (Å²) in [4.78, 5) is 12.1. The van der Waals surface area contributed by atoms with Crippen molar-refractivity contribution in [3.05, 3.63) is 54.1 Å². The molecule has 24 heavy (non-hydrogen) atoms. The average Bonchev–Trinajstić information content (AvgIpc) is 2.87. The minimum Gasteiger partial charge on any atom is -0.308 e. The van der Waals surface area contributed by atoms with Crippen LogP contribution in [-0.4, -0.2) is 26.7 Å². The molecule has 1 aliphatic rings. The predicted octanol–water partition coefficient (Wildman–Crippen LogP) is 3.18. The van der Waals surface area contributed by atoms with E-state index in [0.717, 1.165) is 5.56 Å². The molecule has 0 bridgehead atoms. The van der Waals surface area contributed by atoms with Crippen LogP contribution in [0.2, 0.25) is 0 Å². The number of benzene rings is 2. The van der Waals surface area contributed by atoms with Crippen molar-refractivity contribution >= 4 is 33.1 Å². The SMILES string of the molecule is Cc1cccc(NC(=O)Nc2cccc(N3CCCS3(=O)=O)c2)c1. The standard InChI is InChI=1S/C17H19N3O3S/c1-13-5-2-6-14(11-13)18-17(21)19-15-7-3-8-16(12-15)20-9-4-10-24(20,22)23/h2-3,5-8,11-12H,4,9-10H2,1H3,(H2,18,19,21). The Labute approximate surface area is 141 Å². The van der Waals surface area contributed by atoms with Gasteiger partial charge >= 0.3 is 6.03 Å². The van der Waals surface area contributed by atoms with Crippen LogP contribution in [-0.2, 0) is 10.0 Å². The highest BCUT2D eigenvalue weighted by molar-refractivity contribution is 7.93. The van der Waals surface area contributed by atoms with E-state index in [1.165, 1.54) is 4.31 Å². The zero-order chi connectivity index (χ0) is 17.2. The Hall–Kier alpha value is -2.54. The summed E-state index contributed by atoms with van der Waals surface area (Å²) in [5, 5.41) is 5.48. The van der Waals surface area contributed by atoms with Crippen LogP contribution in [0.5, 0.6) is 0 Å². The van der Waals surface area contributed by atoms with E-state index in [-0.39, 0.29) is 11.8 Å². The fourth-order valence-corrected chi connectivity index (χ4v) is 4.24. The third-order valence-corrected chi connectivity index (χ3v) is 5.64. The summed E-state index contributed by atoms with van der Waals surface area (Å²) in [6.07, 6.45) is 0.619. The molecule has 2 amide bonds. The van der Waals surface area contributed by atoms with Gasteiger partial charge in [0.25, 0.3) is 0 Å². The van der Waals surface area contributed by atoms with E-state index in [1.807, 2.05) is 25.1 Å². The Bertz CT molecular complexity index is 865. The van der Waals surface area contributed by atoms with Crippen molar-refractivity contribution < 1.29 is 13.2 Å². The summed E-state index contributed by atoms with van der Waals surface area (Å²) in [5.41, 5.74) is 2.86. The van der Waals surface area contributed by atoms with Crippen LogP contribution in [0, 0.1) is 6.92 Å². The van der Waals surface area contributed by atoms with Gasteiger partial charge in [0.15, 0.2) is 0 Å². The van der Waals surface area contributed by atoms with Crippen LogP contribution in [0.15, 0.2) is 48.5 Å². The molecule has 1 fully saturated rings. The first-order valence-electron chi connectivity index (χ1n) is 7.69. The summed E-state index contributed by atoms with van der Waals surface area (Å²) in [6.45, 7) is 2.42. The maximum Gasteiger partial charge on any atom is 0.323 e. The zero-order valence-corrected chi connectivity index (χ0v) is 14.1. The van der Waals surface area contributed by atoms with Gasteiger partial charge in [0.1, 0.15) is 0 Å². The number of nitrogens with zero attached hydrogens (tertiary/aromatic N) is 1. The highest BCUT2D eigenvalue weighted by Crippen LogP contribution is 2.26. The van der Waals surface area contributed by atoms with Crippen molar-refractivity contribution in [2.24, 2.45) is 0 Å². The van der Waals surface area contributed by atoms with Crippen molar-refractivity contribution in [2.45, 2.75) is 13.3 Å². The van der Waals surface area contributed by atoms with E-state index in [9.17, 15) is 13.2 Å². The maximum absolute atomic E-state index is 12.1. The van der Waals surface area contributed by atoms with Crippen LogP contribution >= 0.6 is 0 Å². The average molecular weight is 345 g/mol. The van der Waals surface area contributed by atoms with Gasteiger partial charge in [-0.3, -0.25) is 4.31 Å². The first kappa shape index (κ1) is 16.3. The summed E-state index contributed by atoms with van der Waals surface area (Å²) in [6, 6.07) is 14.0. The number of aryl methyl sites for hydroxylation is 1. The third-order valence-electron chi connectivity index (χ3n) is 3.77. The minimum absolute atomic E-state index is 0.165. The Morgan fingerprint density at radius 1 is 1.04 bits per heavy atom. The van der Waals surface area contributed by atoms with E-state index in [1.54, 1.807) is 30.3 Å². The normalized spacial score (nSPS) is 16.0. The monoisotopic (exact) mass is 345 g/mol. The molecule has 0 radical (unpaired) electrons. The highest BCUT2D eigenvalue weighted by atomic mass is 32.2. The molecular formula is C17H19N3O3S. The molecule has 0 aromatic heterocycles. The Morgan fingerprint density at radius 2 is 1.71 bits per heavy atom. The van der Waals surface area contributed by atoms with Crippen molar-refractivity contribution in [2.75, 3.05) is 27.2 Å². The van der Waals surface area contributed by atoms with Crippen LogP contribution in [0.4, 0.5) is 21.9 Å². The smallest absolute Gasteiger partial charge is 0.308 e. The molecule has 2 N–H and O–H groups in total. The zero-order valence-electron chi connectivity index (χ0n) is 13.3. The van der Waals surface area contributed by atoms with Gasteiger partial charge in [-0.25, -0.2) is 13.2 Å². The summed E-state index contributed by atoms with van der Waals surface area (Å²) in [5.74, 6) is 0.165. The molecule has 1 saturated heterocycles. The lowest BCUT2D eigenvalue weighted by Crippen LogP contribution is -2.25. The fourth-order valence-electron chi connectivity index (χ4n) is 2.68. The molecular weight excluding hydrogens is 326 g/mol. The molecule has 1 heterocycles. The number of hydrogen-bond acceptors (Lipinski definition) is 3. The first-order valence-corrected chi connectivity index (χ1v) is 9.30. The second kappa shape index (κ2) is 6.52. The largest absolute Gasteiger partial charge is 0.323 e. The third kappa shape index (κ3) is 3.68. The van der Waals surface area contributed by atoms with Gasteiger partial charge in [-0.15, -0.1) is 0 Å². The lowest BCUT2D eigenvalue weighted by Gasteiger charge is -2.18. The van der Waals surface area contributed by atoms with Crippen molar-refractivity contribution in [1.29, 1.82) is 0 Å². The van der Waals surface area contributed by atoms with Gasteiger partial charge < -0.3 is 10.6 Å². The summed E-state index contributed by atoms with van der Waals surface area (Å²) >= 11 is 0. The number of rotatable bonds is 3. The van der Waals surface area contributed by atoms with Gasteiger partial charge in [-0.2, -0.15) is 0 Å². The second-order valence-electron chi connectivity index (χ2n) is 5.74. The molecule has 0 unspecified atom stereocenters. The van der Waals surface area contributed by atoms with E-state index < -0.39 is 10.0 Å². The Balaban J connectivity index is 1.72. The van der Waals surface area contributed by atoms with Crippen molar-refractivity contribution in [1.82, 2.24) is 0 Å². The molecule has 0 saturated carbocycles. The van der Waals surface area contributed by atoms with Gasteiger partial charge in [-0.1, -0.05) is 18.2 Å². The van der Waals surface area contributed by atoms with Crippen LogP contribution in [0.3, 0.4) is 0 Å². The first-order chi connectivity index (χ1) is 11.4. The van der Waals surface area contributed by atoms with E-state index >= 15 is 0 Å². The van der Waals surface area contributed by atoms with Gasteiger partial charge in [0, 0.05) is 17.9 Å². The van der Waals surface area contributed by atoms with Crippen LogP contribution in [0.25, 0.3) is 0 Å². The predicted molar refractivity (Wildman–Crippen MR) is 96.0 cm³/mol. The number of amides is 2. The molecule has 2 aromatic carbocycles. The number of anilines is 3. The number of hydrogen-bond donors (Lipinski definition) is 2. The fraction of sp³-hybridized carbons (Fsp3) is 0.235. The second-order valence-corrected chi connectivity index (χ2v) is 7.75. The van der Waals surface area contributed by atoms with E-state index in [4.69, 9.17) is 0 Å². The molecule has 1 aliphatic heterocycles. The van der Waals surface area contributed by atoms with Gasteiger partial charge in [0.2, 0.25) is 10.0 Å². The highest BCUT2D eigenvalue weighted by Gasteiger charge is 2.28. The maximum atomic E-state index is 12.1. The van der Waals surface area contributed by atoms with E-state index in [2.05, 4.69) is 10.6 Å². The van der Waals surface area contributed by atoms with Crippen molar-refractivity contribution in [3.8, 4) is 0 Å². The van der Waals surface area contributed by atoms with Crippen LogP contribution < -0.4 is 14.9 Å². The van der Waals surface area contributed by atoms with Gasteiger partial charge in [0.05, 0.1) is 11.4 Å². The summed E-state index contributed by atoms with van der Waals surface area (Å²) < 4.78 is 25.4. The number of nitrogens with one attached hydrogen (secondary N) is 2. The number of carbonyl (C=O) groups is 1. The molecule has 6 nitrogen and oxygen atoms in total. The summed E-state index contributed by atoms with van der Waals surface area (Å²) in [7, 11) is -3.23. The number of carbonyl (C=O) groups excluding carboxylic acids is 1. The molecule has 0 spiro atoms.